The van der Waals surface area contributed by atoms with Gasteiger partial charge in [0.25, 0.3) is 0 Å². The average molecular weight is 1250 g/mol. The van der Waals surface area contributed by atoms with Crippen molar-refractivity contribution in [3.05, 3.63) is 349 Å². The molecule has 16 aromatic carbocycles. The lowest BCUT2D eigenvalue weighted by Crippen LogP contribution is -2.76. The number of nitrogens with zero attached hydrogens (tertiary/aromatic N) is 1. The molecule has 0 amide bonds. The number of hydrogen-bond donors (Lipinski definition) is 0. The molecule has 2 heterocycles. The predicted octanol–water partition coefficient (Wildman–Crippen LogP) is 18.1. The number of aryl methyl sites for hydroxylation is 6. The Labute approximate surface area is 577 Å². The Kier molecular flexibility index (Phi) is 14.3. The summed E-state index contributed by atoms with van der Waals surface area (Å²) >= 11 is 0. The number of anilines is 3. The minimum atomic E-state index is -0.179. The Hall–Kier alpha value is -11.4. The van der Waals surface area contributed by atoms with Crippen molar-refractivity contribution >= 4 is 119 Å². The lowest BCUT2D eigenvalue weighted by molar-refractivity contribution is 1.30. The molecule has 0 aromatic heterocycles. The van der Waals surface area contributed by atoms with Crippen LogP contribution in [0, 0.1) is 41.5 Å². The lowest BCUT2D eigenvalue weighted by atomic mass is 9.19. The van der Waals surface area contributed by atoms with E-state index in [0.717, 1.165) is 5.69 Å². The molecule has 98 heavy (non-hydrogen) atoms. The monoisotopic (exact) mass is 1250 g/mol. The van der Waals surface area contributed by atoms with Gasteiger partial charge in [0.15, 0.2) is 0 Å². The second kappa shape index (κ2) is 23.7. The molecule has 0 radical (unpaired) electrons. The van der Waals surface area contributed by atoms with Crippen molar-refractivity contribution in [3.63, 3.8) is 0 Å². The van der Waals surface area contributed by atoms with Gasteiger partial charge < -0.3 is 4.90 Å². The summed E-state index contributed by atoms with van der Waals surface area (Å²) in [5, 5.41) is 7.52. The second-order valence-corrected chi connectivity index (χ2v) is 27.5. The molecule has 0 saturated heterocycles. The summed E-state index contributed by atoms with van der Waals surface area (Å²) in [5.74, 6) is 0. The molecule has 2 aliphatic rings. The van der Waals surface area contributed by atoms with Crippen molar-refractivity contribution in [2.75, 3.05) is 4.90 Å². The van der Waals surface area contributed by atoms with Crippen LogP contribution in [0.15, 0.2) is 315 Å². The van der Waals surface area contributed by atoms with E-state index in [4.69, 9.17) is 0 Å². The van der Waals surface area contributed by atoms with E-state index in [1.54, 1.807) is 0 Å². The second-order valence-electron chi connectivity index (χ2n) is 27.5. The van der Waals surface area contributed by atoms with Gasteiger partial charge in [-0.05, 0) is 159 Å². The van der Waals surface area contributed by atoms with E-state index < -0.39 is 0 Å². The third-order valence-corrected chi connectivity index (χ3v) is 21.7. The highest BCUT2D eigenvalue weighted by Crippen LogP contribution is 2.53. The number of hydrogen-bond acceptors (Lipinski definition) is 1. The zero-order chi connectivity index (χ0) is 65.9. The Morgan fingerprint density at radius 2 is 0.592 bits per heavy atom. The van der Waals surface area contributed by atoms with Crippen molar-refractivity contribution in [2.45, 2.75) is 41.5 Å². The Morgan fingerprint density at radius 3 is 1.05 bits per heavy atom. The highest BCUT2D eigenvalue weighted by molar-refractivity contribution is 7.13. The van der Waals surface area contributed by atoms with Gasteiger partial charge in [-0.15, -0.1) is 0 Å². The lowest BCUT2D eigenvalue weighted by Gasteiger charge is -2.41. The number of rotatable bonds is 10. The maximum absolute atomic E-state index is 2.65. The summed E-state index contributed by atoms with van der Waals surface area (Å²) in [7, 11) is 0. The molecule has 1 nitrogen and oxygen atoms in total. The summed E-state index contributed by atoms with van der Waals surface area (Å²) in [6.07, 6.45) is 0. The molecular weight excluding hydrogens is 1180 g/mol. The van der Waals surface area contributed by atoms with Crippen molar-refractivity contribution in [1.82, 2.24) is 0 Å². The number of benzene rings is 16. The van der Waals surface area contributed by atoms with Gasteiger partial charge in [0, 0.05) is 27.8 Å². The van der Waals surface area contributed by atoms with Crippen LogP contribution in [0.4, 0.5) is 17.1 Å². The van der Waals surface area contributed by atoms with Crippen LogP contribution in [0.25, 0.3) is 99.1 Å². The van der Waals surface area contributed by atoms with E-state index >= 15 is 0 Å². The molecule has 0 fully saturated rings. The Morgan fingerprint density at radius 1 is 0.245 bits per heavy atom. The summed E-state index contributed by atoms with van der Waals surface area (Å²) in [6, 6.07) is 121. The molecule has 0 atom stereocenters. The third-order valence-electron chi connectivity index (χ3n) is 21.7. The Balaban J connectivity index is 1.14. The molecule has 0 saturated carbocycles. The van der Waals surface area contributed by atoms with Crippen LogP contribution in [0.2, 0.25) is 0 Å². The topological polar surface area (TPSA) is 3.24 Å². The first kappa shape index (κ1) is 59.1. The van der Waals surface area contributed by atoms with Gasteiger partial charge in [-0.3, -0.25) is 0 Å². The minimum absolute atomic E-state index is 0.140. The van der Waals surface area contributed by atoms with E-state index in [9.17, 15) is 0 Å². The van der Waals surface area contributed by atoms with Gasteiger partial charge in [0.1, 0.15) is 0 Å². The average Bonchev–Trinajstić information content (AvgIpc) is 0.671. The van der Waals surface area contributed by atoms with Crippen LogP contribution < -0.4 is 54.1 Å². The molecular formula is C94H70B3N. The quantitative estimate of drug-likeness (QED) is 0.0974. The number of fused-ring (bicyclic) bond motifs is 6. The fourth-order valence-electron chi connectivity index (χ4n) is 18.2. The first-order valence-corrected chi connectivity index (χ1v) is 34.8. The maximum Gasteiger partial charge on any atom is 0.248 e. The van der Waals surface area contributed by atoms with Crippen molar-refractivity contribution in [1.29, 1.82) is 0 Å². The summed E-state index contributed by atoms with van der Waals surface area (Å²) < 4.78 is 0. The van der Waals surface area contributed by atoms with E-state index in [0.29, 0.717) is 0 Å². The standard InChI is InChI=1S/C94H70B3N/c1-59-55-61(3)89(62(4)56-59)96-80-48-26-25-47-79(80)95(69-39-21-11-22-40-69)91-77-53-51-76-86-78(54-52-75(85(77)86)87(92(91)96)83-71(65-31-13-7-14-32-65)43-29-44-72(83)66-33-15-8-16-34-66)94-93(88(76)84-73(67-35-17-9-18-36-67)45-30-46-74(84)68-37-19-10-20-38-68)97(90-63(5)57-60(2)58-64(90)6)81-49-27-28-50-82(81)98(94)70-41-23-12-24-42-70/h7-58H,1-6H3. The van der Waals surface area contributed by atoms with Gasteiger partial charge in [-0.1, -0.05) is 369 Å². The molecule has 0 unspecified atom stereocenters. The van der Waals surface area contributed by atoms with E-state index in [-0.39, 0.29) is 20.1 Å². The smallest absolute Gasteiger partial charge is 0.248 e. The van der Waals surface area contributed by atoms with E-state index in [2.05, 4.69) is 362 Å². The Bertz CT molecular complexity index is 5290. The molecule has 4 heteroatoms. The zero-order valence-corrected chi connectivity index (χ0v) is 56.2. The van der Waals surface area contributed by atoms with Gasteiger partial charge in [-0.2, -0.15) is 0 Å². The first-order valence-electron chi connectivity index (χ1n) is 34.8. The first-order chi connectivity index (χ1) is 48.2. The normalized spacial score (nSPS) is 12.5. The molecule has 0 N–H and O–H groups in total. The number of para-hydroxylation sites is 2. The van der Waals surface area contributed by atoms with Gasteiger partial charge in [-0.25, -0.2) is 0 Å². The predicted molar refractivity (Wildman–Crippen MR) is 426 cm³/mol. The van der Waals surface area contributed by atoms with Crippen molar-refractivity contribution in [3.8, 4) is 66.8 Å². The molecule has 0 aliphatic carbocycles. The van der Waals surface area contributed by atoms with Gasteiger partial charge in [0.05, 0.1) is 0 Å². The molecule has 16 aromatic rings. The maximum atomic E-state index is 2.65. The fraction of sp³-hybridized carbons (Fsp3) is 0.0638. The third kappa shape index (κ3) is 9.25. The van der Waals surface area contributed by atoms with Crippen LogP contribution in [-0.2, 0) is 0 Å². The summed E-state index contributed by atoms with van der Waals surface area (Å²) in [5.41, 5.74) is 37.8. The molecule has 460 valence electrons. The van der Waals surface area contributed by atoms with E-state index in [1.807, 2.05) is 0 Å². The van der Waals surface area contributed by atoms with Crippen molar-refractivity contribution in [2.24, 2.45) is 0 Å². The highest BCUT2D eigenvalue weighted by atomic mass is 15.2. The molecule has 0 bridgehead atoms. The summed E-state index contributed by atoms with van der Waals surface area (Å²) in [4.78, 5) is 2.65. The fourth-order valence-corrected chi connectivity index (χ4v) is 18.2. The van der Waals surface area contributed by atoms with Crippen LogP contribution in [0.5, 0.6) is 0 Å². The van der Waals surface area contributed by atoms with Gasteiger partial charge >= 0.3 is 0 Å². The SMILES string of the molecule is Cc1cc(C)c(B2c3ccccc3B(c3ccccc3)c3c2c(-c2c(-c4ccccc4)cccc2-c2ccccc2)c2ccc4c5c(c(-c6c(-c7ccccc7)cccc6-c6ccccc6)c6ccc3c2c64)B(c2c(C)cc(C)cc2C)c2ccccc2N5c2ccccc2)c(C)c1. The molecule has 18 rings (SSSR count). The minimum Gasteiger partial charge on any atom is -0.311 e. The largest absolute Gasteiger partial charge is 0.311 e. The summed E-state index contributed by atoms with van der Waals surface area (Å²) in [6.45, 7) is 13.5. The van der Waals surface area contributed by atoms with Crippen molar-refractivity contribution < 1.29 is 0 Å². The van der Waals surface area contributed by atoms with E-state index in [1.165, 1.54) is 193 Å². The van der Waals surface area contributed by atoms with Crippen LogP contribution in [0.3, 0.4) is 0 Å². The molecule has 2 aliphatic heterocycles. The van der Waals surface area contributed by atoms with Crippen LogP contribution >= 0.6 is 0 Å². The highest BCUT2D eigenvalue weighted by Gasteiger charge is 2.46. The van der Waals surface area contributed by atoms with Crippen LogP contribution in [-0.4, -0.2) is 20.1 Å². The zero-order valence-electron chi connectivity index (χ0n) is 56.2. The molecule has 0 spiro atoms. The van der Waals surface area contributed by atoms with Crippen LogP contribution in [0.1, 0.15) is 33.4 Å². The van der Waals surface area contributed by atoms with Gasteiger partial charge in [0.2, 0.25) is 20.1 Å².